The highest BCUT2D eigenvalue weighted by Gasteiger charge is 2.05. The molecule has 0 saturated heterocycles. The Kier molecular flexibility index (Phi) is 2.51. The van der Waals surface area contributed by atoms with E-state index in [4.69, 9.17) is 10.8 Å². The third-order valence-corrected chi connectivity index (χ3v) is 1.29. The van der Waals surface area contributed by atoms with Crippen molar-refractivity contribution in [3.63, 3.8) is 0 Å². The molecular weight excluding hydrogens is 140 g/mol. The van der Waals surface area contributed by atoms with Crippen molar-refractivity contribution in [3.05, 3.63) is 24.2 Å². The van der Waals surface area contributed by atoms with Crippen LogP contribution in [0.15, 0.2) is 22.8 Å². The van der Waals surface area contributed by atoms with E-state index in [1.165, 1.54) is 6.26 Å². The Morgan fingerprint density at radius 2 is 2.55 bits per heavy atom. The molecule has 1 aromatic heterocycles. The van der Waals surface area contributed by atoms with Crippen LogP contribution in [0.4, 0.5) is 0 Å². The molecule has 0 aliphatic heterocycles. The lowest BCUT2D eigenvalue weighted by molar-refractivity contribution is 0.0957. The van der Waals surface area contributed by atoms with Gasteiger partial charge in [0.15, 0.2) is 11.5 Å². The molecule has 2 nitrogen and oxygen atoms in total. The highest BCUT2D eigenvalue weighted by molar-refractivity contribution is 5.93. The quantitative estimate of drug-likeness (QED) is 0.484. The van der Waals surface area contributed by atoms with Gasteiger partial charge in [-0.2, -0.15) is 0 Å². The predicted molar refractivity (Wildman–Crippen MR) is 41.1 cm³/mol. The standard InChI is InChI=1S/C9H8O2/c1-2-3-5-8(10)9-6-4-7-11-9/h1,4,6-7H,3,5H2. The van der Waals surface area contributed by atoms with Gasteiger partial charge >= 0.3 is 0 Å². The summed E-state index contributed by atoms with van der Waals surface area (Å²) in [6.45, 7) is 0. The van der Waals surface area contributed by atoms with E-state index in [-0.39, 0.29) is 5.78 Å². The average molecular weight is 148 g/mol. The molecule has 0 aromatic carbocycles. The Labute approximate surface area is 65.2 Å². The lowest BCUT2D eigenvalue weighted by Crippen LogP contribution is -1.95. The van der Waals surface area contributed by atoms with Crippen molar-refractivity contribution >= 4 is 5.78 Å². The van der Waals surface area contributed by atoms with Crippen molar-refractivity contribution in [3.8, 4) is 12.3 Å². The minimum absolute atomic E-state index is 0.0343. The molecule has 0 aliphatic rings. The van der Waals surface area contributed by atoms with E-state index in [1.807, 2.05) is 0 Å². The van der Waals surface area contributed by atoms with Gasteiger partial charge in [0.25, 0.3) is 0 Å². The smallest absolute Gasteiger partial charge is 0.198 e. The monoisotopic (exact) mass is 148 g/mol. The number of ketones is 1. The molecule has 1 aromatic rings. The van der Waals surface area contributed by atoms with Gasteiger partial charge in [-0.3, -0.25) is 4.79 Å². The Morgan fingerprint density at radius 3 is 3.09 bits per heavy atom. The van der Waals surface area contributed by atoms with Crippen LogP contribution in [-0.4, -0.2) is 5.78 Å². The van der Waals surface area contributed by atoms with E-state index in [9.17, 15) is 4.79 Å². The van der Waals surface area contributed by atoms with Gasteiger partial charge in [0.05, 0.1) is 6.26 Å². The minimum atomic E-state index is -0.0343. The van der Waals surface area contributed by atoms with Crippen molar-refractivity contribution in [2.75, 3.05) is 0 Å². The summed E-state index contributed by atoms with van der Waals surface area (Å²) in [5.41, 5.74) is 0. The fraction of sp³-hybridized carbons (Fsp3) is 0.222. The molecule has 0 aliphatic carbocycles. The van der Waals surface area contributed by atoms with Gasteiger partial charge < -0.3 is 4.42 Å². The molecule has 1 rings (SSSR count). The van der Waals surface area contributed by atoms with Crippen LogP contribution in [0.5, 0.6) is 0 Å². The third-order valence-electron chi connectivity index (χ3n) is 1.29. The van der Waals surface area contributed by atoms with Crippen LogP contribution in [0.2, 0.25) is 0 Å². The topological polar surface area (TPSA) is 30.2 Å². The molecule has 0 spiro atoms. The van der Waals surface area contributed by atoms with Gasteiger partial charge in [0, 0.05) is 12.8 Å². The van der Waals surface area contributed by atoms with E-state index in [1.54, 1.807) is 12.1 Å². The maximum atomic E-state index is 11.1. The van der Waals surface area contributed by atoms with Gasteiger partial charge in [-0.15, -0.1) is 12.3 Å². The van der Waals surface area contributed by atoms with Crippen molar-refractivity contribution < 1.29 is 9.21 Å². The van der Waals surface area contributed by atoms with Crippen LogP contribution in [0, 0.1) is 12.3 Å². The fourth-order valence-electron chi connectivity index (χ4n) is 0.746. The number of Topliss-reactive ketones (excluding diaryl/α,β-unsaturated/α-hetero) is 1. The van der Waals surface area contributed by atoms with Crippen LogP contribution >= 0.6 is 0 Å². The van der Waals surface area contributed by atoms with Gasteiger partial charge in [-0.05, 0) is 12.1 Å². The van der Waals surface area contributed by atoms with E-state index in [0.29, 0.717) is 18.6 Å². The zero-order valence-electron chi connectivity index (χ0n) is 6.04. The van der Waals surface area contributed by atoms with E-state index < -0.39 is 0 Å². The number of hydrogen-bond acceptors (Lipinski definition) is 2. The fourth-order valence-corrected chi connectivity index (χ4v) is 0.746. The van der Waals surface area contributed by atoms with Crippen molar-refractivity contribution in [1.29, 1.82) is 0 Å². The molecule has 0 bridgehead atoms. The summed E-state index contributed by atoms with van der Waals surface area (Å²) in [4.78, 5) is 11.1. The highest BCUT2D eigenvalue weighted by atomic mass is 16.3. The van der Waals surface area contributed by atoms with Crippen molar-refractivity contribution in [2.24, 2.45) is 0 Å². The van der Waals surface area contributed by atoms with Crippen LogP contribution in [-0.2, 0) is 0 Å². The number of carbonyl (C=O) groups excluding carboxylic acids is 1. The molecule has 0 amide bonds. The maximum Gasteiger partial charge on any atom is 0.198 e. The summed E-state index contributed by atoms with van der Waals surface area (Å²) in [5, 5.41) is 0. The first-order valence-corrected chi connectivity index (χ1v) is 3.35. The molecule has 56 valence electrons. The summed E-state index contributed by atoms with van der Waals surface area (Å²) in [6.07, 6.45) is 7.31. The Balaban J connectivity index is 2.51. The van der Waals surface area contributed by atoms with Crippen molar-refractivity contribution in [2.45, 2.75) is 12.8 Å². The molecule has 0 radical (unpaired) electrons. The SMILES string of the molecule is C#CCCC(=O)c1ccco1. The van der Waals surface area contributed by atoms with Gasteiger partial charge in [0.1, 0.15) is 0 Å². The Bertz CT molecular complexity index is 264. The lowest BCUT2D eigenvalue weighted by atomic mass is 10.2. The summed E-state index contributed by atoms with van der Waals surface area (Å²) in [6, 6.07) is 3.32. The van der Waals surface area contributed by atoms with Crippen LogP contribution in [0.1, 0.15) is 23.4 Å². The van der Waals surface area contributed by atoms with Crippen LogP contribution < -0.4 is 0 Å². The molecule has 0 atom stereocenters. The number of hydrogen-bond donors (Lipinski definition) is 0. The molecule has 0 unspecified atom stereocenters. The predicted octanol–water partition coefficient (Wildman–Crippen LogP) is 1.88. The van der Waals surface area contributed by atoms with E-state index in [2.05, 4.69) is 5.92 Å². The summed E-state index contributed by atoms with van der Waals surface area (Å²) < 4.78 is 4.87. The van der Waals surface area contributed by atoms with E-state index >= 15 is 0 Å². The molecular formula is C9H8O2. The zero-order valence-corrected chi connectivity index (χ0v) is 6.04. The molecule has 11 heavy (non-hydrogen) atoms. The molecule has 2 heteroatoms. The second-order valence-electron chi connectivity index (χ2n) is 2.10. The number of rotatable bonds is 3. The molecule has 0 fully saturated rings. The average Bonchev–Trinajstić information content (AvgIpc) is 2.52. The second kappa shape index (κ2) is 3.62. The first kappa shape index (κ1) is 7.62. The summed E-state index contributed by atoms with van der Waals surface area (Å²) >= 11 is 0. The van der Waals surface area contributed by atoms with Crippen LogP contribution in [0.25, 0.3) is 0 Å². The minimum Gasteiger partial charge on any atom is -0.461 e. The zero-order chi connectivity index (χ0) is 8.10. The summed E-state index contributed by atoms with van der Waals surface area (Å²) in [7, 11) is 0. The number of carbonyl (C=O) groups is 1. The Morgan fingerprint density at radius 1 is 1.73 bits per heavy atom. The van der Waals surface area contributed by atoms with Gasteiger partial charge in [-0.25, -0.2) is 0 Å². The summed E-state index contributed by atoms with van der Waals surface area (Å²) in [5.74, 6) is 2.75. The van der Waals surface area contributed by atoms with Gasteiger partial charge in [0.2, 0.25) is 0 Å². The van der Waals surface area contributed by atoms with Crippen molar-refractivity contribution in [1.82, 2.24) is 0 Å². The van der Waals surface area contributed by atoms with E-state index in [0.717, 1.165) is 0 Å². The third kappa shape index (κ3) is 1.98. The Hall–Kier alpha value is -1.49. The normalized spacial score (nSPS) is 9.00. The van der Waals surface area contributed by atoms with Crippen LogP contribution in [0.3, 0.4) is 0 Å². The lowest BCUT2D eigenvalue weighted by Gasteiger charge is -1.90. The number of furan rings is 1. The highest BCUT2D eigenvalue weighted by Crippen LogP contribution is 2.04. The molecule has 0 saturated carbocycles. The first-order valence-electron chi connectivity index (χ1n) is 3.35. The second-order valence-corrected chi connectivity index (χ2v) is 2.10. The largest absolute Gasteiger partial charge is 0.461 e. The maximum absolute atomic E-state index is 11.1. The van der Waals surface area contributed by atoms with Gasteiger partial charge in [-0.1, -0.05) is 0 Å². The first-order chi connectivity index (χ1) is 5.34. The number of terminal acetylenes is 1. The molecule has 0 N–H and O–H groups in total. The molecule has 1 heterocycles.